The molecule has 15 heteroatoms. The van der Waals surface area contributed by atoms with Crippen molar-refractivity contribution in [1.82, 2.24) is 24.6 Å². The number of nitrogens with zero attached hydrogens (tertiary/aromatic N) is 4. The number of anilines is 2. The number of aromatic nitrogens is 4. The van der Waals surface area contributed by atoms with Crippen molar-refractivity contribution in [2.75, 3.05) is 18.1 Å². The summed E-state index contributed by atoms with van der Waals surface area (Å²) in [6.07, 6.45) is -2.45. The number of nitrogen functional groups attached to an aromatic ring is 2. The van der Waals surface area contributed by atoms with Crippen LogP contribution in [0.25, 0.3) is 11.2 Å². The lowest BCUT2D eigenvalue weighted by molar-refractivity contribution is -0.0948. The number of nitrogens with two attached hydrogens (primary N) is 3. The first-order valence-electron chi connectivity index (χ1n) is 11.3. The van der Waals surface area contributed by atoms with Crippen LogP contribution < -0.4 is 26.8 Å². The van der Waals surface area contributed by atoms with Crippen LogP contribution in [0.2, 0.25) is 0 Å². The molecule has 36 heavy (non-hydrogen) atoms. The van der Waals surface area contributed by atoms with Crippen molar-refractivity contribution in [1.29, 1.82) is 0 Å². The summed E-state index contributed by atoms with van der Waals surface area (Å²) >= 11 is 0. The molecule has 6 unspecified atom stereocenters. The molecule has 3 heterocycles. The molecule has 0 radical (unpaired) electrons. The van der Waals surface area contributed by atoms with Crippen molar-refractivity contribution in [3.8, 4) is 5.75 Å². The Morgan fingerprint density at radius 2 is 2.06 bits per heavy atom. The molecule has 0 bridgehead atoms. The highest BCUT2D eigenvalue weighted by Crippen LogP contribution is 2.47. The van der Waals surface area contributed by atoms with E-state index in [-0.39, 0.29) is 22.9 Å². The molecule has 1 aliphatic rings. The fraction of sp³-hybridized carbons (Fsp3) is 0.476. The zero-order valence-corrected chi connectivity index (χ0v) is 21.0. The third-order valence-corrected chi connectivity index (χ3v) is 7.47. The molecule has 1 aromatic carbocycles. The van der Waals surface area contributed by atoms with Gasteiger partial charge < -0.3 is 36.7 Å². The van der Waals surface area contributed by atoms with Gasteiger partial charge in [-0.05, 0) is 31.9 Å². The second-order valence-corrected chi connectivity index (χ2v) is 10.4. The number of imidazole rings is 1. The van der Waals surface area contributed by atoms with Gasteiger partial charge in [0, 0.05) is 0 Å². The van der Waals surface area contributed by atoms with E-state index in [2.05, 4.69) is 20.0 Å². The maximum absolute atomic E-state index is 13.6. The standard InChI is InChI=1S/C21H31N8O6P/c1-4-12-7-5-6-8-13(12)35-36(32,28-11(2)22)33-9-14-16(30)21(3,31)19(34-14)29-10-25-15-17(23)26-20(24)27-18(15)29/h5-8,10-11,14,16,19,30-31H,4,9,22H2,1-3H3,(H,28,32)(H4,23,24,26,27). The highest BCUT2D eigenvalue weighted by Gasteiger charge is 2.54. The van der Waals surface area contributed by atoms with Crippen LogP contribution in [-0.4, -0.2) is 60.3 Å². The van der Waals surface area contributed by atoms with Gasteiger partial charge in [0.2, 0.25) is 5.95 Å². The molecule has 14 nitrogen and oxygen atoms in total. The van der Waals surface area contributed by atoms with Crippen LogP contribution in [0.3, 0.4) is 0 Å². The molecule has 0 spiro atoms. The number of aliphatic hydroxyl groups excluding tert-OH is 1. The minimum Gasteiger partial charge on any atom is -0.413 e. The number of benzene rings is 1. The topological polar surface area (TPSA) is 219 Å². The Labute approximate surface area is 207 Å². The van der Waals surface area contributed by atoms with Crippen molar-refractivity contribution in [3.63, 3.8) is 0 Å². The van der Waals surface area contributed by atoms with Crippen molar-refractivity contribution >= 4 is 30.7 Å². The van der Waals surface area contributed by atoms with E-state index in [1.54, 1.807) is 19.1 Å². The molecule has 1 fully saturated rings. The lowest BCUT2D eigenvalue weighted by Gasteiger charge is -2.27. The number of hydrogen-bond donors (Lipinski definition) is 6. The van der Waals surface area contributed by atoms with Crippen molar-refractivity contribution < 1.29 is 28.6 Å². The molecule has 6 atom stereocenters. The van der Waals surface area contributed by atoms with Crippen LogP contribution in [-0.2, 0) is 20.2 Å². The molecule has 196 valence electrons. The smallest absolute Gasteiger partial charge is 0.413 e. The van der Waals surface area contributed by atoms with Crippen LogP contribution in [0.1, 0.15) is 32.6 Å². The monoisotopic (exact) mass is 522 g/mol. The maximum atomic E-state index is 13.6. The fourth-order valence-electron chi connectivity index (χ4n) is 4.03. The van der Waals surface area contributed by atoms with Crippen LogP contribution >= 0.6 is 7.75 Å². The second kappa shape index (κ2) is 9.90. The molecular weight excluding hydrogens is 491 g/mol. The van der Waals surface area contributed by atoms with E-state index in [9.17, 15) is 14.8 Å². The maximum Gasteiger partial charge on any atom is 0.460 e. The van der Waals surface area contributed by atoms with Gasteiger partial charge in [-0.25, -0.2) is 9.55 Å². The van der Waals surface area contributed by atoms with E-state index in [0.29, 0.717) is 12.2 Å². The normalized spacial score (nSPS) is 26.7. The first-order chi connectivity index (χ1) is 16.9. The fourth-order valence-corrected chi connectivity index (χ4v) is 5.49. The van der Waals surface area contributed by atoms with Crippen molar-refractivity contribution in [2.45, 2.75) is 57.4 Å². The largest absolute Gasteiger partial charge is 0.460 e. The molecule has 4 rings (SSSR count). The highest BCUT2D eigenvalue weighted by molar-refractivity contribution is 7.52. The summed E-state index contributed by atoms with van der Waals surface area (Å²) in [5.74, 6) is 0.336. The first-order valence-corrected chi connectivity index (χ1v) is 12.9. The summed E-state index contributed by atoms with van der Waals surface area (Å²) in [5.41, 5.74) is 16.9. The highest BCUT2D eigenvalue weighted by atomic mass is 31.2. The van der Waals surface area contributed by atoms with Crippen LogP contribution in [0.4, 0.5) is 11.8 Å². The predicted molar refractivity (Wildman–Crippen MR) is 131 cm³/mol. The SMILES string of the molecule is CCc1ccccc1OP(=O)(NC(C)N)OCC1OC(n2cnc3c(N)nc(N)nc32)C(C)(O)C1O. The van der Waals surface area contributed by atoms with Gasteiger partial charge in [0.05, 0.1) is 19.1 Å². The first kappa shape index (κ1) is 26.2. The van der Waals surface area contributed by atoms with Gasteiger partial charge in [0.1, 0.15) is 29.1 Å². The summed E-state index contributed by atoms with van der Waals surface area (Å²) in [6, 6.07) is 7.10. The van der Waals surface area contributed by atoms with Gasteiger partial charge >= 0.3 is 7.75 Å². The van der Waals surface area contributed by atoms with Crippen LogP contribution in [0, 0.1) is 0 Å². The molecule has 9 N–H and O–H groups in total. The van der Waals surface area contributed by atoms with Gasteiger partial charge in [-0.3, -0.25) is 9.09 Å². The summed E-state index contributed by atoms with van der Waals surface area (Å²) < 4.78 is 32.3. The minimum atomic E-state index is -4.01. The molecule has 1 saturated heterocycles. The third-order valence-electron chi connectivity index (χ3n) is 5.82. The Morgan fingerprint density at radius 3 is 2.75 bits per heavy atom. The number of ether oxygens (including phenoxy) is 1. The van der Waals surface area contributed by atoms with Gasteiger partial charge in [0.25, 0.3) is 0 Å². The van der Waals surface area contributed by atoms with Gasteiger partial charge in [-0.1, -0.05) is 25.1 Å². The van der Waals surface area contributed by atoms with E-state index >= 15 is 0 Å². The van der Waals surface area contributed by atoms with Gasteiger partial charge in [-0.2, -0.15) is 15.1 Å². The predicted octanol–water partition coefficient (Wildman–Crippen LogP) is 0.660. The Bertz CT molecular complexity index is 1280. The number of hydrogen-bond acceptors (Lipinski definition) is 12. The van der Waals surface area contributed by atoms with E-state index in [0.717, 1.165) is 5.56 Å². The number of aliphatic hydroxyl groups is 2. The molecule has 0 amide bonds. The minimum absolute atomic E-state index is 0.0572. The summed E-state index contributed by atoms with van der Waals surface area (Å²) in [5, 5.41) is 24.6. The quantitative estimate of drug-likeness (QED) is 0.168. The molecule has 3 aromatic rings. The summed E-state index contributed by atoms with van der Waals surface area (Å²) in [4.78, 5) is 12.2. The van der Waals surface area contributed by atoms with E-state index < -0.39 is 44.6 Å². The molecule has 2 aromatic heterocycles. The number of aryl methyl sites for hydroxylation is 1. The molecular formula is C21H31N8O6P. The van der Waals surface area contributed by atoms with Gasteiger partial charge in [0.15, 0.2) is 17.7 Å². The zero-order valence-electron chi connectivity index (χ0n) is 20.1. The van der Waals surface area contributed by atoms with E-state index in [1.165, 1.54) is 17.8 Å². The molecule has 0 aliphatic carbocycles. The number of para-hydroxylation sites is 1. The average molecular weight is 523 g/mol. The van der Waals surface area contributed by atoms with E-state index in [4.69, 9.17) is 31.0 Å². The van der Waals surface area contributed by atoms with Gasteiger partial charge in [-0.15, -0.1) is 0 Å². The van der Waals surface area contributed by atoms with E-state index in [1.807, 2.05) is 19.1 Å². The summed E-state index contributed by atoms with van der Waals surface area (Å²) in [6.45, 7) is 4.50. The van der Waals surface area contributed by atoms with Crippen molar-refractivity contribution in [2.24, 2.45) is 5.73 Å². The number of fused-ring (bicyclic) bond motifs is 1. The molecule has 1 aliphatic heterocycles. The average Bonchev–Trinajstić information content (AvgIpc) is 3.31. The Morgan fingerprint density at radius 1 is 1.33 bits per heavy atom. The Balaban J connectivity index is 1.57. The Kier molecular flexibility index (Phi) is 7.21. The summed E-state index contributed by atoms with van der Waals surface area (Å²) in [7, 11) is -4.01. The zero-order chi connectivity index (χ0) is 26.3. The third kappa shape index (κ3) is 5.02. The van der Waals surface area contributed by atoms with Crippen molar-refractivity contribution in [3.05, 3.63) is 36.2 Å². The Hall–Kier alpha value is -2.84. The number of nitrogens with one attached hydrogen (secondary N) is 1. The lowest BCUT2D eigenvalue weighted by Crippen LogP contribution is -2.44. The lowest BCUT2D eigenvalue weighted by atomic mass is 9.96. The second-order valence-electron chi connectivity index (χ2n) is 8.75. The van der Waals surface area contributed by atoms with Crippen LogP contribution in [0.15, 0.2) is 30.6 Å². The van der Waals surface area contributed by atoms with Crippen LogP contribution in [0.5, 0.6) is 5.75 Å². The number of rotatable bonds is 9. The molecule has 0 saturated carbocycles.